The standard InChI is InChI=1S/C15H18N2O3/c1-10-13(11-6-3-4-7-12(11)17-10)14(18)15(19)16-8-5-9-20-2/h3-4,6-7,17H,5,8-9H2,1-2H3,(H,16,19). The van der Waals surface area contributed by atoms with Crippen molar-refractivity contribution in [2.75, 3.05) is 20.3 Å². The van der Waals surface area contributed by atoms with Crippen LogP contribution in [0.1, 0.15) is 22.5 Å². The van der Waals surface area contributed by atoms with E-state index in [0.29, 0.717) is 30.8 Å². The van der Waals surface area contributed by atoms with E-state index in [9.17, 15) is 9.59 Å². The molecule has 0 saturated heterocycles. The largest absolute Gasteiger partial charge is 0.385 e. The SMILES string of the molecule is COCCCNC(=O)C(=O)c1c(C)[nH]c2ccccc12. The van der Waals surface area contributed by atoms with Gasteiger partial charge in [-0.25, -0.2) is 0 Å². The zero-order valence-corrected chi connectivity index (χ0v) is 11.7. The van der Waals surface area contributed by atoms with Gasteiger partial charge in [0.15, 0.2) is 0 Å². The highest BCUT2D eigenvalue weighted by Gasteiger charge is 2.21. The number of benzene rings is 1. The maximum Gasteiger partial charge on any atom is 0.292 e. The Morgan fingerprint density at radius 1 is 1.30 bits per heavy atom. The van der Waals surface area contributed by atoms with Crippen LogP contribution in [-0.2, 0) is 9.53 Å². The summed E-state index contributed by atoms with van der Waals surface area (Å²) in [6.45, 7) is 2.78. The number of ketones is 1. The highest BCUT2D eigenvalue weighted by molar-refractivity contribution is 6.45. The molecule has 1 heterocycles. The van der Waals surface area contributed by atoms with Crippen LogP contribution in [-0.4, -0.2) is 36.9 Å². The number of ether oxygens (including phenoxy) is 1. The Hall–Kier alpha value is -2.14. The van der Waals surface area contributed by atoms with Crippen LogP contribution in [0.15, 0.2) is 24.3 Å². The number of nitrogens with one attached hydrogen (secondary N) is 2. The summed E-state index contributed by atoms with van der Waals surface area (Å²) in [7, 11) is 1.60. The van der Waals surface area contributed by atoms with E-state index in [4.69, 9.17) is 4.74 Å². The van der Waals surface area contributed by atoms with E-state index < -0.39 is 11.7 Å². The lowest BCUT2D eigenvalue weighted by Crippen LogP contribution is -2.32. The van der Waals surface area contributed by atoms with Gasteiger partial charge in [-0.05, 0) is 19.4 Å². The first-order valence-corrected chi connectivity index (χ1v) is 6.54. The predicted octanol–water partition coefficient (Wildman–Crippen LogP) is 1.81. The van der Waals surface area contributed by atoms with E-state index in [0.717, 1.165) is 10.9 Å². The monoisotopic (exact) mass is 274 g/mol. The molecule has 0 aliphatic carbocycles. The molecule has 2 aromatic rings. The van der Waals surface area contributed by atoms with Gasteiger partial charge in [0.2, 0.25) is 0 Å². The Labute approximate surface area is 117 Å². The second-order valence-electron chi connectivity index (χ2n) is 4.60. The van der Waals surface area contributed by atoms with Gasteiger partial charge >= 0.3 is 0 Å². The third-order valence-corrected chi connectivity index (χ3v) is 3.14. The third-order valence-electron chi connectivity index (χ3n) is 3.14. The van der Waals surface area contributed by atoms with Crippen LogP contribution in [0.2, 0.25) is 0 Å². The van der Waals surface area contributed by atoms with Gasteiger partial charge in [-0.1, -0.05) is 18.2 Å². The molecule has 0 aliphatic rings. The summed E-state index contributed by atoms with van der Waals surface area (Å²) in [4.78, 5) is 27.2. The molecule has 0 atom stereocenters. The fourth-order valence-electron chi connectivity index (χ4n) is 2.18. The number of fused-ring (bicyclic) bond motifs is 1. The van der Waals surface area contributed by atoms with Crippen molar-refractivity contribution in [1.82, 2.24) is 10.3 Å². The van der Waals surface area contributed by atoms with Gasteiger partial charge in [0, 0.05) is 36.9 Å². The number of H-pyrrole nitrogens is 1. The zero-order chi connectivity index (χ0) is 14.5. The average Bonchev–Trinajstić information content (AvgIpc) is 2.78. The number of carbonyl (C=O) groups excluding carboxylic acids is 2. The van der Waals surface area contributed by atoms with Gasteiger partial charge < -0.3 is 15.0 Å². The lowest BCUT2D eigenvalue weighted by atomic mass is 10.1. The van der Waals surface area contributed by atoms with E-state index in [-0.39, 0.29) is 0 Å². The summed E-state index contributed by atoms with van der Waals surface area (Å²) in [5.74, 6) is -1.08. The molecule has 5 nitrogen and oxygen atoms in total. The van der Waals surface area contributed by atoms with Crippen LogP contribution in [0.4, 0.5) is 0 Å². The molecule has 0 radical (unpaired) electrons. The van der Waals surface area contributed by atoms with Crippen molar-refractivity contribution in [3.63, 3.8) is 0 Å². The number of aromatic amines is 1. The minimum absolute atomic E-state index is 0.430. The number of carbonyl (C=O) groups is 2. The quantitative estimate of drug-likeness (QED) is 0.479. The Kier molecular flexibility index (Phi) is 4.53. The number of hydrogen-bond donors (Lipinski definition) is 2. The predicted molar refractivity (Wildman–Crippen MR) is 76.9 cm³/mol. The van der Waals surface area contributed by atoms with E-state index in [1.807, 2.05) is 24.3 Å². The lowest BCUT2D eigenvalue weighted by molar-refractivity contribution is -0.117. The highest BCUT2D eigenvalue weighted by atomic mass is 16.5. The van der Waals surface area contributed by atoms with Gasteiger partial charge in [-0.2, -0.15) is 0 Å². The minimum Gasteiger partial charge on any atom is -0.385 e. The van der Waals surface area contributed by atoms with Crippen LogP contribution >= 0.6 is 0 Å². The Balaban J connectivity index is 2.15. The Morgan fingerprint density at radius 2 is 2.05 bits per heavy atom. The molecular weight excluding hydrogens is 256 g/mol. The molecule has 0 spiro atoms. The first-order chi connectivity index (χ1) is 9.65. The first kappa shape index (κ1) is 14.3. The summed E-state index contributed by atoms with van der Waals surface area (Å²) in [5.41, 5.74) is 2.02. The molecule has 0 aliphatic heterocycles. The Bertz CT molecular complexity index is 631. The van der Waals surface area contributed by atoms with Crippen LogP contribution in [0.5, 0.6) is 0 Å². The van der Waals surface area contributed by atoms with Crippen molar-refractivity contribution in [3.05, 3.63) is 35.5 Å². The number of Topliss-reactive ketones (excluding diaryl/α,β-unsaturated/α-hetero) is 1. The van der Waals surface area contributed by atoms with E-state index in [1.165, 1.54) is 0 Å². The van der Waals surface area contributed by atoms with Crippen molar-refractivity contribution < 1.29 is 14.3 Å². The zero-order valence-electron chi connectivity index (χ0n) is 11.7. The first-order valence-electron chi connectivity index (χ1n) is 6.54. The molecule has 20 heavy (non-hydrogen) atoms. The summed E-state index contributed by atoms with van der Waals surface area (Å²) in [5, 5.41) is 3.39. The molecule has 5 heteroatoms. The van der Waals surface area contributed by atoms with Gasteiger partial charge in [0.1, 0.15) is 0 Å². The van der Waals surface area contributed by atoms with Gasteiger partial charge in [0.05, 0.1) is 5.56 Å². The van der Waals surface area contributed by atoms with Crippen molar-refractivity contribution in [1.29, 1.82) is 0 Å². The number of aromatic nitrogens is 1. The Morgan fingerprint density at radius 3 is 2.80 bits per heavy atom. The fourth-order valence-corrected chi connectivity index (χ4v) is 2.18. The van der Waals surface area contributed by atoms with Crippen LogP contribution in [0.3, 0.4) is 0 Å². The number of amides is 1. The topological polar surface area (TPSA) is 71.2 Å². The lowest BCUT2D eigenvalue weighted by Gasteiger charge is -2.04. The molecule has 106 valence electrons. The number of aryl methyl sites for hydroxylation is 1. The van der Waals surface area contributed by atoms with Crippen LogP contribution in [0, 0.1) is 6.92 Å². The summed E-state index contributed by atoms with van der Waals surface area (Å²) in [6.07, 6.45) is 0.683. The summed E-state index contributed by atoms with van der Waals surface area (Å²) < 4.78 is 4.89. The molecule has 0 unspecified atom stereocenters. The van der Waals surface area contributed by atoms with Crippen LogP contribution in [0.25, 0.3) is 10.9 Å². The molecule has 2 N–H and O–H groups in total. The van der Waals surface area contributed by atoms with E-state index in [1.54, 1.807) is 14.0 Å². The van der Waals surface area contributed by atoms with E-state index >= 15 is 0 Å². The maximum atomic E-state index is 12.2. The molecule has 1 aromatic carbocycles. The molecule has 0 saturated carbocycles. The minimum atomic E-state index is -0.575. The second-order valence-corrected chi connectivity index (χ2v) is 4.60. The molecular formula is C15H18N2O3. The maximum absolute atomic E-state index is 12.2. The smallest absolute Gasteiger partial charge is 0.292 e. The van der Waals surface area contributed by atoms with Crippen molar-refractivity contribution >= 4 is 22.6 Å². The van der Waals surface area contributed by atoms with Crippen LogP contribution < -0.4 is 5.32 Å². The number of methoxy groups -OCH3 is 1. The van der Waals surface area contributed by atoms with Crippen molar-refractivity contribution in [2.45, 2.75) is 13.3 Å². The van der Waals surface area contributed by atoms with E-state index in [2.05, 4.69) is 10.3 Å². The number of para-hydroxylation sites is 1. The number of rotatable bonds is 6. The number of hydrogen-bond acceptors (Lipinski definition) is 3. The molecule has 0 bridgehead atoms. The van der Waals surface area contributed by atoms with Gasteiger partial charge in [-0.3, -0.25) is 9.59 Å². The molecule has 1 aromatic heterocycles. The normalized spacial score (nSPS) is 10.7. The van der Waals surface area contributed by atoms with Crippen molar-refractivity contribution in [3.8, 4) is 0 Å². The van der Waals surface area contributed by atoms with Gasteiger partial charge in [0.25, 0.3) is 11.7 Å². The fraction of sp³-hybridized carbons (Fsp3) is 0.333. The molecule has 0 fully saturated rings. The second kappa shape index (κ2) is 6.34. The molecule has 1 amide bonds. The third kappa shape index (κ3) is 2.88. The average molecular weight is 274 g/mol. The van der Waals surface area contributed by atoms with Gasteiger partial charge in [-0.15, -0.1) is 0 Å². The highest BCUT2D eigenvalue weighted by Crippen LogP contribution is 2.22. The molecule has 2 rings (SSSR count). The summed E-state index contributed by atoms with van der Waals surface area (Å²) >= 11 is 0. The summed E-state index contributed by atoms with van der Waals surface area (Å²) in [6, 6.07) is 7.46. The van der Waals surface area contributed by atoms with Crippen molar-refractivity contribution in [2.24, 2.45) is 0 Å².